The van der Waals surface area contributed by atoms with Crippen LogP contribution >= 0.6 is 0 Å². The summed E-state index contributed by atoms with van der Waals surface area (Å²) in [6.45, 7) is 5.94. The molecule has 2 aromatic rings. The fourth-order valence-electron chi connectivity index (χ4n) is 2.26. The molecule has 0 aliphatic rings. The van der Waals surface area contributed by atoms with Crippen LogP contribution in [0.4, 0.5) is 4.39 Å². The van der Waals surface area contributed by atoms with E-state index >= 15 is 0 Å². The molecule has 0 bridgehead atoms. The van der Waals surface area contributed by atoms with Crippen molar-refractivity contribution < 1.29 is 9.13 Å². The molecule has 2 rings (SSSR count). The summed E-state index contributed by atoms with van der Waals surface area (Å²) in [7, 11) is 1.47. The van der Waals surface area contributed by atoms with Gasteiger partial charge in [-0.1, -0.05) is 31.2 Å². The highest BCUT2D eigenvalue weighted by molar-refractivity contribution is 5.68. The zero-order chi connectivity index (χ0) is 14.5. The van der Waals surface area contributed by atoms with Crippen LogP contribution in [0.1, 0.15) is 18.1 Å². The molecule has 2 aromatic carbocycles. The molecule has 0 fully saturated rings. The summed E-state index contributed by atoms with van der Waals surface area (Å²) < 4.78 is 18.7. The summed E-state index contributed by atoms with van der Waals surface area (Å²) in [4.78, 5) is 0. The summed E-state index contributed by atoms with van der Waals surface area (Å²) in [5, 5.41) is 3.30. The Morgan fingerprint density at radius 1 is 1.15 bits per heavy atom. The number of halogens is 1. The molecule has 0 radical (unpaired) electrons. The molecule has 106 valence electrons. The van der Waals surface area contributed by atoms with Crippen LogP contribution in [0.25, 0.3) is 11.1 Å². The molecule has 0 spiro atoms. The highest BCUT2D eigenvalue weighted by Gasteiger charge is 2.07. The summed E-state index contributed by atoms with van der Waals surface area (Å²) in [5.74, 6) is -0.0590. The number of benzene rings is 2. The van der Waals surface area contributed by atoms with E-state index in [0.717, 1.165) is 29.8 Å². The van der Waals surface area contributed by atoms with Crippen molar-refractivity contribution in [2.45, 2.75) is 20.4 Å². The Morgan fingerprint density at radius 3 is 2.55 bits per heavy atom. The Morgan fingerprint density at radius 2 is 1.95 bits per heavy atom. The third-order valence-corrected chi connectivity index (χ3v) is 3.33. The first-order valence-electron chi connectivity index (χ1n) is 6.80. The monoisotopic (exact) mass is 273 g/mol. The summed E-state index contributed by atoms with van der Waals surface area (Å²) in [6.07, 6.45) is 0. The third kappa shape index (κ3) is 3.17. The fourth-order valence-corrected chi connectivity index (χ4v) is 2.26. The minimum atomic E-state index is -0.332. The Bertz CT molecular complexity index is 596. The second kappa shape index (κ2) is 6.53. The maximum Gasteiger partial charge on any atom is 0.165 e. The van der Waals surface area contributed by atoms with Gasteiger partial charge in [0.2, 0.25) is 0 Å². The zero-order valence-electron chi connectivity index (χ0n) is 12.2. The predicted octanol–water partition coefficient (Wildman–Crippen LogP) is 3.92. The molecule has 0 saturated carbocycles. The number of methoxy groups -OCH3 is 1. The fraction of sp³-hybridized carbons (Fsp3) is 0.294. The molecule has 0 unspecified atom stereocenters. The van der Waals surface area contributed by atoms with Gasteiger partial charge in [-0.3, -0.25) is 0 Å². The summed E-state index contributed by atoms with van der Waals surface area (Å²) in [6, 6.07) is 11.3. The van der Waals surface area contributed by atoms with Gasteiger partial charge in [-0.2, -0.15) is 0 Å². The first kappa shape index (κ1) is 14.5. The maximum absolute atomic E-state index is 13.8. The lowest BCUT2D eigenvalue weighted by molar-refractivity contribution is 0.386. The number of ether oxygens (including phenoxy) is 1. The molecule has 0 atom stereocenters. The molecule has 0 amide bonds. The van der Waals surface area contributed by atoms with Crippen LogP contribution in [-0.2, 0) is 6.54 Å². The summed E-state index contributed by atoms with van der Waals surface area (Å²) in [5.41, 5.74) is 4.30. The van der Waals surface area contributed by atoms with E-state index in [1.54, 1.807) is 6.07 Å². The Labute approximate surface area is 119 Å². The van der Waals surface area contributed by atoms with Crippen LogP contribution in [0.5, 0.6) is 5.75 Å². The lowest BCUT2D eigenvalue weighted by Crippen LogP contribution is -2.11. The van der Waals surface area contributed by atoms with Gasteiger partial charge < -0.3 is 10.1 Å². The van der Waals surface area contributed by atoms with Crippen LogP contribution < -0.4 is 10.1 Å². The van der Waals surface area contributed by atoms with Crippen molar-refractivity contribution in [2.75, 3.05) is 13.7 Å². The van der Waals surface area contributed by atoms with E-state index in [0.29, 0.717) is 0 Å². The Kier molecular flexibility index (Phi) is 4.74. The molecular formula is C17H20FNO. The molecule has 0 aromatic heterocycles. The van der Waals surface area contributed by atoms with Crippen LogP contribution in [0.3, 0.4) is 0 Å². The first-order valence-corrected chi connectivity index (χ1v) is 6.80. The van der Waals surface area contributed by atoms with Crippen molar-refractivity contribution in [1.82, 2.24) is 5.32 Å². The van der Waals surface area contributed by atoms with E-state index in [1.165, 1.54) is 18.7 Å². The average Bonchev–Trinajstić information content (AvgIpc) is 2.45. The van der Waals surface area contributed by atoms with Gasteiger partial charge in [-0.15, -0.1) is 0 Å². The van der Waals surface area contributed by atoms with Gasteiger partial charge in [0, 0.05) is 6.54 Å². The van der Waals surface area contributed by atoms with Gasteiger partial charge in [-0.25, -0.2) is 4.39 Å². The molecule has 3 heteroatoms. The molecular weight excluding hydrogens is 253 g/mol. The first-order chi connectivity index (χ1) is 9.65. The zero-order valence-corrected chi connectivity index (χ0v) is 12.2. The van der Waals surface area contributed by atoms with Crippen molar-refractivity contribution in [3.63, 3.8) is 0 Å². The smallest absolute Gasteiger partial charge is 0.165 e. The number of hydrogen-bond donors (Lipinski definition) is 1. The van der Waals surface area contributed by atoms with Crippen LogP contribution in [0.2, 0.25) is 0 Å². The van der Waals surface area contributed by atoms with E-state index in [2.05, 4.69) is 24.4 Å². The topological polar surface area (TPSA) is 21.3 Å². The molecule has 0 aliphatic heterocycles. The number of nitrogens with one attached hydrogen (secondary N) is 1. The lowest BCUT2D eigenvalue weighted by atomic mass is 9.98. The van der Waals surface area contributed by atoms with E-state index in [-0.39, 0.29) is 11.6 Å². The van der Waals surface area contributed by atoms with E-state index < -0.39 is 0 Å². The lowest BCUT2D eigenvalue weighted by Gasteiger charge is -2.10. The highest BCUT2D eigenvalue weighted by atomic mass is 19.1. The molecule has 0 saturated heterocycles. The average molecular weight is 273 g/mol. The second-order valence-corrected chi connectivity index (χ2v) is 4.78. The molecule has 20 heavy (non-hydrogen) atoms. The van der Waals surface area contributed by atoms with Gasteiger partial charge in [0.1, 0.15) is 0 Å². The Balaban J connectivity index is 2.31. The van der Waals surface area contributed by atoms with Gasteiger partial charge in [-0.05, 0) is 47.9 Å². The van der Waals surface area contributed by atoms with Gasteiger partial charge in [0.25, 0.3) is 0 Å². The largest absolute Gasteiger partial charge is 0.494 e. The molecule has 0 heterocycles. The standard InChI is InChI=1S/C17H20FNO/c1-4-19-11-13-5-7-15(12(2)9-13)14-6-8-17(20-3)16(18)10-14/h5-10,19H,4,11H2,1-3H3. The highest BCUT2D eigenvalue weighted by Crippen LogP contribution is 2.28. The van der Waals surface area contributed by atoms with Gasteiger partial charge in [0.15, 0.2) is 11.6 Å². The minimum Gasteiger partial charge on any atom is -0.494 e. The predicted molar refractivity (Wildman–Crippen MR) is 80.5 cm³/mol. The second-order valence-electron chi connectivity index (χ2n) is 4.78. The molecule has 0 aliphatic carbocycles. The number of aryl methyl sites for hydroxylation is 1. The van der Waals surface area contributed by atoms with E-state index in [9.17, 15) is 4.39 Å². The van der Waals surface area contributed by atoms with E-state index in [4.69, 9.17) is 4.74 Å². The van der Waals surface area contributed by atoms with Crippen molar-refractivity contribution in [3.8, 4) is 16.9 Å². The van der Waals surface area contributed by atoms with Crippen LogP contribution in [-0.4, -0.2) is 13.7 Å². The van der Waals surface area contributed by atoms with Crippen molar-refractivity contribution in [3.05, 3.63) is 53.3 Å². The normalized spacial score (nSPS) is 10.6. The summed E-state index contributed by atoms with van der Waals surface area (Å²) >= 11 is 0. The number of rotatable bonds is 5. The Hall–Kier alpha value is -1.87. The molecule has 1 N–H and O–H groups in total. The third-order valence-electron chi connectivity index (χ3n) is 3.33. The SMILES string of the molecule is CCNCc1ccc(-c2ccc(OC)c(F)c2)c(C)c1. The molecule has 2 nitrogen and oxygen atoms in total. The minimum absolute atomic E-state index is 0.273. The quantitative estimate of drug-likeness (QED) is 0.891. The van der Waals surface area contributed by atoms with Crippen molar-refractivity contribution in [1.29, 1.82) is 0 Å². The van der Waals surface area contributed by atoms with Crippen LogP contribution in [0, 0.1) is 12.7 Å². The van der Waals surface area contributed by atoms with Gasteiger partial charge >= 0.3 is 0 Å². The van der Waals surface area contributed by atoms with Crippen LogP contribution in [0.15, 0.2) is 36.4 Å². The maximum atomic E-state index is 13.8. The van der Waals surface area contributed by atoms with Crippen molar-refractivity contribution in [2.24, 2.45) is 0 Å². The van der Waals surface area contributed by atoms with Crippen molar-refractivity contribution >= 4 is 0 Å². The van der Waals surface area contributed by atoms with E-state index in [1.807, 2.05) is 19.1 Å². The van der Waals surface area contributed by atoms with Gasteiger partial charge in [0.05, 0.1) is 7.11 Å². The number of hydrogen-bond acceptors (Lipinski definition) is 2.